The number of carbonyl (C=O) groups is 2. The Hall–Kier alpha value is -4.80. The van der Waals surface area contributed by atoms with Crippen molar-refractivity contribution in [2.75, 3.05) is 0 Å². The van der Waals surface area contributed by atoms with Crippen LogP contribution in [0.25, 0.3) is 10.9 Å². The van der Waals surface area contributed by atoms with Crippen LogP contribution in [0.3, 0.4) is 0 Å². The van der Waals surface area contributed by atoms with E-state index in [2.05, 4.69) is 15.3 Å². The van der Waals surface area contributed by atoms with Gasteiger partial charge in [-0.25, -0.2) is 4.99 Å². The maximum Gasteiger partial charge on any atom is 0.416 e. The molecule has 11 heteroatoms. The monoisotopic (exact) mass is 560 g/mol. The molecule has 1 aliphatic carbocycles. The molecule has 4 aromatic rings. The smallest absolute Gasteiger partial charge is 0.384 e. The number of fused-ring (bicyclic) bond motifs is 1. The number of aliphatic imine (C=N–C) groups is 1. The highest BCUT2D eigenvalue weighted by Crippen LogP contribution is 2.30. The number of rotatable bonds is 6. The van der Waals surface area contributed by atoms with Crippen LogP contribution >= 0.6 is 0 Å². The number of aromatic nitrogens is 2. The van der Waals surface area contributed by atoms with Gasteiger partial charge in [0.15, 0.2) is 0 Å². The topological polar surface area (TPSA) is 126 Å². The van der Waals surface area contributed by atoms with E-state index < -0.39 is 17.6 Å². The number of nitrogens with zero attached hydrogens (tertiary/aromatic N) is 3. The maximum absolute atomic E-state index is 13.4. The third kappa shape index (κ3) is 6.34. The largest absolute Gasteiger partial charge is 0.416 e. The van der Waals surface area contributed by atoms with Crippen LogP contribution in [-0.4, -0.2) is 39.0 Å². The molecule has 41 heavy (non-hydrogen) atoms. The Morgan fingerprint density at radius 1 is 1.05 bits per heavy atom. The number of nitrogens with two attached hydrogens (primary N) is 1. The first-order valence-corrected chi connectivity index (χ1v) is 13.0. The van der Waals surface area contributed by atoms with Crippen molar-refractivity contribution in [3.63, 3.8) is 0 Å². The van der Waals surface area contributed by atoms with Gasteiger partial charge in [0.2, 0.25) is 0 Å². The normalized spacial score (nSPS) is 15.5. The van der Waals surface area contributed by atoms with Crippen molar-refractivity contribution < 1.29 is 22.8 Å². The predicted octanol–water partition coefficient (Wildman–Crippen LogP) is 5.34. The first-order valence-electron chi connectivity index (χ1n) is 13.0. The quantitative estimate of drug-likeness (QED) is 0.217. The minimum atomic E-state index is -4.45. The van der Waals surface area contributed by atoms with E-state index in [0.29, 0.717) is 59.1 Å². The molecule has 0 spiro atoms. The molecule has 0 saturated heterocycles. The Morgan fingerprint density at radius 2 is 1.78 bits per heavy atom. The van der Waals surface area contributed by atoms with Gasteiger partial charge in [0, 0.05) is 41.0 Å². The van der Waals surface area contributed by atoms with E-state index in [0.717, 1.165) is 12.1 Å². The number of hydrogen-bond acceptors (Lipinski definition) is 4. The van der Waals surface area contributed by atoms with Crippen LogP contribution in [0.15, 0.2) is 77.9 Å². The molecule has 0 radical (unpaired) electrons. The maximum atomic E-state index is 13.4. The lowest BCUT2D eigenvalue weighted by atomic mass is 9.93. The lowest BCUT2D eigenvalue weighted by Gasteiger charge is -2.24. The first kappa shape index (κ1) is 27.8. The van der Waals surface area contributed by atoms with Crippen molar-refractivity contribution in [2.45, 2.75) is 44.4 Å². The molecule has 0 aliphatic heterocycles. The number of alkyl halides is 3. The van der Waals surface area contributed by atoms with E-state index in [1.54, 1.807) is 53.2 Å². The van der Waals surface area contributed by atoms with Crippen LogP contribution in [0.4, 0.5) is 13.2 Å². The number of hydrogen-bond donors (Lipinski definition) is 3. The third-order valence-corrected chi connectivity index (χ3v) is 7.11. The van der Waals surface area contributed by atoms with Crippen molar-refractivity contribution in [1.29, 1.82) is 5.41 Å². The molecule has 1 saturated carbocycles. The zero-order valence-electron chi connectivity index (χ0n) is 21.9. The molecule has 2 aromatic carbocycles. The number of amidine groups is 1. The highest BCUT2D eigenvalue weighted by atomic mass is 19.4. The summed E-state index contributed by atoms with van der Waals surface area (Å²) in [5.74, 6) is -0.859. The van der Waals surface area contributed by atoms with Crippen LogP contribution < -0.4 is 11.1 Å². The molecule has 210 valence electrons. The zero-order chi connectivity index (χ0) is 29.1. The SMILES string of the molecule is N=C(N)c1ccc2cc(C(=O)N=C3CCC(NC(=O)c4ccccn4)CC3)n(Cc3ccc(C(F)(F)F)cc3)c2c1. The van der Waals surface area contributed by atoms with E-state index in [-0.39, 0.29) is 30.0 Å². The first-order chi connectivity index (χ1) is 19.6. The number of benzene rings is 2. The van der Waals surface area contributed by atoms with Gasteiger partial charge in [0.25, 0.3) is 11.8 Å². The summed E-state index contributed by atoms with van der Waals surface area (Å²) in [7, 11) is 0. The van der Waals surface area contributed by atoms with Crippen LogP contribution in [0, 0.1) is 5.41 Å². The molecule has 4 N–H and O–H groups in total. The molecular formula is C30H27F3N6O2. The average molecular weight is 561 g/mol. The van der Waals surface area contributed by atoms with Gasteiger partial charge in [-0.3, -0.25) is 20.0 Å². The molecule has 2 amide bonds. The third-order valence-electron chi connectivity index (χ3n) is 7.11. The van der Waals surface area contributed by atoms with Gasteiger partial charge >= 0.3 is 6.18 Å². The van der Waals surface area contributed by atoms with Gasteiger partial charge in [0.1, 0.15) is 17.2 Å². The summed E-state index contributed by atoms with van der Waals surface area (Å²) < 4.78 is 40.9. The van der Waals surface area contributed by atoms with Crippen LogP contribution in [0.2, 0.25) is 0 Å². The summed E-state index contributed by atoms with van der Waals surface area (Å²) in [6.07, 6.45) is -0.572. The van der Waals surface area contributed by atoms with Gasteiger partial charge < -0.3 is 15.6 Å². The van der Waals surface area contributed by atoms with E-state index in [1.807, 2.05) is 0 Å². The predicted molar refractivity (Wildman–Crippen MR) is 149 cm³/mol. The molecule has 1 aliphatic rings. The minimum Gasteiger partial charge on any atom is -0.384 e. The number of carbonyl (C=O) groups excluding carboxylic acids is 2. The van der Waals surface area contributed by atoms with Crippen LogP contribution in [0.5, 0.6) is 0 Å². The Labute approximate surface area is 233 Å². The summed E-state index contributed by atoms with van der Waals surface area (Å²) in [5, 5.41) is 11.5. The highest BCUT2D eigenvalue weighted by Gasteiger charge is 2.30. The van der Waals surface area contributed by atoms with Gasteiger partial charge in [0.05, 0.1) is 5.56 Å². The summed E-state index contributed by atoms with van der Waals surface area (Å²) in [6, 6.07) is 16.6. The standard InChI is InChI=1S/C30H27F3N6O2/c31-30(32,33)21-8-4-18(5-9-21)17-39-25-16-20(27(34)35)7-6-19(25)15-26(39)29(41)38-23-12-10-22(11-13-23)37-28(40)24-3-1-2-14-36-24/h1-9,14-16,22H,10-13,17H2,(H3,34,35)(H,37,40). The van der Waals surface area contributed by atoms with Gasteiger partial charge in [-0.15, -0.1) is 0 Å². The minimum absolute atomic E-state index is 0.0605. The number of amides is 2. The lowest BCUT2D eigenvalue weighted by molar-refractivity contribution is -0.137. The molecule has 8 nitrogen and oxygen atoms in total. The second kappa shape index (κ2) is 11.4. The molecule has 5 rings (SSSR count). The fourth-order valence-corrected chi connectivity index (χ4v) is 4.92. The molecule has 0 unspecified atom stereocenters. The molecule has 1 fully saturated rings. The van der Waals surface area contributed by atoms with Crippen molar-refractivity contribution in [3.8, 4) is 0 Å². The molecule has 0 bridgehead atoms. The second-order valence-corrected chi connectivity index (χ2v) is 9.94. The molecule has 2 heterocycles. The van der Waals surface area contributed by atoms with Gasteiger partial charge in [-0.2, -0.15) is 13.2 Å². The Bertz CT molecular complexity index is 1630. The average Bonchev–Trinajstić information content (AvgIpc) is 3.32. The molecule has 2 aromatic heterocycles. The number of pyridine rings is 1. The van der Waals surface area contributed by atoms with Crippen molar-refractivity contribution in [3.05, 3.63) is 101 Å². The van der Waals surface area contributed by atoms with E-state index >= 15 is 0 Å². The zero-order valence-corrected chi connectivity index (χ0v) is 21.9. The van der Waals surface area contributed by atoms with E-state index in [9.17, 15) is 22.8 Å². The Morgan fingerprint density at radius 3 is 2.41 bits per heavy atom. The summed E-state index contributed by atoms with van der Waals surface area (Å²) >= 11 is 0. The Balaban J connectivity index is 1.37. The fourth-order valence-electron chi connectivity index (χ4n) is 4.92. The number of halogens is 3. The van der Waals surface area contributed by atoms with Crippen LogP contribution in [-0.2, 0) is 12.7 Å². The highest BCUT2D eigenvalue weighted by molar-refractivity contribution is 6.07. The number of nitrogens with one attached hydrogen (secondary N) is 2. The van der Waals surface area contributed by atoms with Gasteiger partial charge in [-0.05, 0) is 67.6 Å². The molecular weight excluding hydrogens is 533 g/mol. The van der Waals surface area contributed by atoms with Crippen molar-refractivity contribution in [2.24, 2.45) is 10.7 Å². The summed E-state index contributed by atoms with van der Waals surface area (Å²) in [4.78, 5) is 34.3. The number of nitrogen functional groups attached to an aromatic ring is 1. The summed E-state index contributed by atoms with van der Waals surface area (Å²) in [6.45, 7) is 0.122. The lowest BCUT2D eigenvalue weighted by Crippen LogP contribution is -2.38. The molecule has 0 atom stereocenters. The Kier molecular flexibility index (Phi) is 7.69. The van der Waals surface area contributed by atoms with E-state index in [4.69, 9.17) is 11.1 Å². The van der Waals surface area contributed by atoms with E-state index in [1.165, 1.54) is 12.1 Å². The summed E-state index contributed by atoms with van der Waals surface area (Å²) in [5.41, 5.74) is 7.89. The van der Waals surface area contributed by atoms with Crippen molar-refractivity contribution in [1.82, 2.24) is 14.9 Å². The fraction of sp³-hybridized carbons (Fsp3) is 0.233. The van der Waals surface area contributed by atoms with Crippen molar-refractivity contribution >= 4 is 34.3 Å². The van der Waals surface area contributed by atoms with Gasteiger partial charge in [-0.1, -0.05) is 30.3 Å². The van der Waals surface area contributed by atoms with Crippen LogP contribution in [0.1, 0.15) is 63.4 Å². The second-order valence-electron chi connectivity index (χ2n) is 9.94.